The van der Waals surface area contributed by atoms with Crippen molar-refractivity contribution in [2.24, 2.45) is 0 Å². The van der Waals surface area contributed by atoms with E-state index < -0.39 is 5.97 Å². The molecule has 0 saturated carbocycles. The molecule has 102 valence electrons. The summed E-state index contributed by atoms with van der Waals surface area (Å²) in [6.07, 6.45) is 0.785. The molecule has 0 aliphatic rings. The van der Waals surface area contributed by atoms with Gasteiger partial charge in [-0.3, -0.25) is 4.79 Å². The highest BCUT2D eigenvalue weighted by Gasteiger charge is 2.20. The zero-order chi connectivity index (χ0) is 14.1. The second kappa shape index (κ2) is 8.34. The van der Waals surface area contributed by atoms with Crippen molar-refractivity contribution >= 4 is 12.0 Å². The molecule has 6 nitrogen and oxygen atoms in total. The van der Waals surface area contributed by atoms with E-state index in [1.54, 1.807) is 11.9 Å². The van der Waals surface area contributed by atoms with Gasteiger partial charge >= 0.3 is 12.0 Å². The van der Waals surface area contributed by atoms with E-state index in [2.05, 4.69) is 0 Å². The van der Waals surface area contributed by atoms with Crippen LogP contribution < -0.4 is 0 Å². The van der Waals surface area contributed by atoms with Gasteiger partial charge in [0.1, 0.15) is 0 Å². The average Bonchev–Trinajstić information content (AvgIpc) is 2.30. The van der Waals surface area contributed by atoms with Gasteiger partial charge in [0.15, 0.2) is 0 Å². The predicted octanol–water partition coefficient (Wildman–Crippen LogP) is 1.53. The Morgan fingerprint density at radius 1 is 1.33 bits per heavy atom. The van der Waals surface area contributed by atoms with Gasteiger partial charge in [0, 0.05) is 32.6 Å². The van der Waals surface area contributed by atoms with E-state index in [4.69, 9.17) is 10.4 Å². The number of rotatable bonds is 7. The number of urea groups is 1. The standard InChI is InChI=1S/C12H21N3O3/c1-10(2)15(9-4-6-11(16)17)12(18)14(3)8-5-7-13/h10H,4-6,8-9H2,1-3H3,(H,16,17). The first-order valence-corrected chi connectivity index (χ1v) is 6.00. The van der Waals surface area contributed by atoms with E-state index >= 15 is 0 Å². The molecule has 0 fully saturated rings. The van der Waals surface area contributed by atoms with E-state index in [1.165, 1.54) is 4.90 Å². The lowest BCUT2D eigenvalue weighted by atomic mass is 10.2. The highest BCUT2D eigenvalue weighted by molar-refractivity contribution is 5.74. The number of aliphatic carboxylic acids is 1. The fourth-order valence-corrected chi connectivity index (χ4v) is 1.51. The molecule has 0 atom stereocenters. The first kappa shape index (κ1) is 16.2. The van der Waals surface area contributed by atoms with E-state index in [-0.39, 0.29) is 18.5 Å². The van der Waals surface area contributed by atoms with Crippen LogP contribution in [-0.2, 0) is 4.79 Å². The SMILES string of the molecule is CC(C)N(CCCC(=O)O)C(=O)N(C)CCC#N. The third-order valence-corrected chi connectivity index (χ3v) is 2.54. The summed E-state index contributed by atoms with van der Waals surface area (Å²) in [5, 5.41) is 17.1. The molecule has 0 aromatic heterocycles. The summed E-state index contributed by atoms with van der Waals surface area (Å²) >= 11 is 0. The minimum atomic E-state index is -0.857. The number of carboxylic acid groups (broad SMARTS) is 1. The van der Waals surface area contributed by atoms with E-state index in [9.17, 15) is 9.59 Å². The molecule has 6 heteroatoms. The Hall–Kier alpha value is -1.77. The Bertz CT molecular complexity index is 323. The summed E-state index contributed by atoms with van der Waals surface area (Å²) in [4.78, 5) is 25.6. The predicted molar refractivity (Wildman–Crippen MR) is 67.0 cm³/mol. The Morgan fingerprint density at radius 3 is 2.39 bits per heavy atom. The third-order valence-electron chi connectivity index (χ3n) is 2.54. The molecule has 0 saturated heterocycles. The highest BCUT2D eigenvalue weighted by Crippen LogP contribution is 2.06. The number of carbonyl (C=O) groups excluding carboxylic acids is 1. The Kier molecular flexibility index (Phi) is 7.52. The van der Waals surface area contributed by atoms with Gasteiger partial charge in [-0.05, 0) is 20.3 Å². The maximum absolute atomic E-state index is 12.1. The van der Waals surface area contributed by atoms with Crippen LogP contribution in [0.25, 0.3) is 0 Å². The minimum absolute atomic E-state index is 0.0100. The number of carbonyl (C=O) groups is 2. The van der Waals surface area contributed by atoms with Crippen LogP contribution in [-0.4, -0.2) is 53.1 Å². The number of nitriles is 1. The molecule has 0 aliphatic heterocycles. The largest absolute Gasteiger partial charge is 0.481 e. The van der Waals surface area contributed by atoms with E-state index in [0.29, 0.717) is 25.9 Å². The molecule has 2 amide bonds. The zero-order valence-electron chi connectivity index (χ0n) is 11.2. The molecule has 0 heterocycles. The zero-order valence-corrected chi connectivity index (χ0v) is 11.2. The molecular weight excluding hydrogens is 234 g/mol. The summed E-state index contributed by atoms with van der Waals surface area (Å²) in [6.45, 7) is 4.57. The van der Waals surface area contributed by atoms with Crippen molar-refractivity contribution in [1.29, 1.82) is 5.26 Å². The first-order chi connectivity index (χ1) is 8.40. The fourth-order valence-electron chi connectivity index (χ4n) is 1.51. The van der Waals surface area contributed by atoms with Gasteiger partial charge in [0.25, 0.3) is 0 Å². The van der Waals surface area contributed by atoms with Crippen LogP contribution in [0.5, 0.6) is 0 Å². The van der Waals surface area contributed by atoms with Gasteiger partial charge in [-0.25, -0.2) is 4.79 Å². The Balaban J connectivity index is 4.36. The molecule has 0 aromatic rings. The van der Waals surface area contributed by atoms with Crippen molar-refractivity contribution in [3.63, 3.8) is 0 Å². The minimum Gasteiger partial charge on any atom is -0.481 e. The lowest BCUT2D eigenvalue weighted by molar-refractivity contribution is -0.137. The molecule has 0 rings (SSSR count). The van der Waals surface area contributed by atoms with Crippen LogP contribution in [0.4, 0.5) is 4.79 Å². The van der Waals surface area contributed by atoms with E-state index in [1.807, 2.05) is 19.9 Å². The molecule has 0 bridgehead atoms. The number of nitrogens with zero attached hydrogens (tertiary/aromatic N) is 3. The number of carboxylic acids is 1. The van der Waals surface area contributed by atoms with Gasteiger partial charge < -0.3 is 14.9 Å². The topological polar surface area (TPSA) is 84.6 Å². The highest BCUT2D eigenvalue weighted by atomic mass is 16.4. The Morgan fingerprint density at radius 2 is 1.94 bits per heavy atom. The summed E-state index contributed by atoms with van der Waals surface area (Å²) in [5.41, 5.74) is 0. The molecule has 0 aromatic carbocycles. The van der Waals surface area contributed by atoms with Crippen LogP contribution in [0.15, 0.2) is 0 Å². The lowest BCUT2D eigenvalue weighted by Gasteiger charge is -2.31. The first-order valence-electron chi connectivity index (χ1n) is 6.00. The van der Waals surface area contributed by atoms with Crippen LogP contribution >= 0.6 is 0 Å². The normalized spacial score (nSPS) is 9.94. The summed E-state index contributed by atoms with van der Waals surface area (Å²) < 4.78 is 0. The van der Waals surface area contributed by atoms with Crippen molar-refractivity contribution in [2.75, 3.05) is 20.1 Å². The van der Waals surface area contributed by atoms with Crippen molar-refractivity contribution in [1.82, 2.24) is 9.80 Å². The number of hydrogen-bond donors (Lipinski definition) is 1. The molecular formula is C12H21N3O3. The van der Waals surface area contributed by atoms with Crippen molar-refractivity contribution in [2.45, 2.75) is 39.2 Å². The molecule has 1 N–H and O–H groups in total. The molecule has 0 radical (unpaired) electrons. The number of hydrogen-bond acceptors (Lipinski definition) is 3. The summed E-state index contributed by atoms with van der Waals surface area (Å²) in [5.74, 6) is -0.857. The van der Waals surface area contributed by atoms with Gasteiger partial charge in [-0.1, -0.05) is 0 Å². The lowest BCUT2D eigenvalue weighted by Crippen LogP contribution is -2.45. The van der Waals surface area contributed by atoms with Crippen LogP contribution in [0.1, 0.15) is 33.1 Å². The van der Waals surface area contributed by atoms with E-state index in [0.717, 1.165) is 0 Å². The van der Waals surface area contributed by atoms with Crippen molar-refractivity contribution < 1.29 is 14.7 Å². The summed E-state index contributed by atoms with van der Waals surface area (Å²) in [6, 6.07) is 1.84. The molecule has 0 aliphatic carbocycles. The average molecular weight is 255 g/mol. The molecule has 0 unspecified atom stereocenters. The summed E-state index contributed by atoms with van der Waals surface area (Å²) in [7, 11) is 1.65. The van der Waals surface area contributed by atoms with Crippen LogP contribution in [0.3, 0.4) is 0 Å². The van der Waals surface area contributed by atoms with Gasteiger partial charge in [-0.2, -0.15) is 5.26 Å². The number of amides is 2. The smallest absolute Gasteiger partial charge is 0.320 e. The van der Waals surface area contributed by atoms with Gasteiger partial charge in [-0.15, -0.1) is 0 Å². The maximum atomic E-state index is 12.1. The quantitative estimate of drug-likeness (QED) is 0.747. The van der Waals surface area contributed by atoms with Gasteiger partial charge in [0.2, 0.25) is 0 Å². The monoisotopic (exact) mass is 255 g/mol. The molecule has 0 spiro atoms. The van der Waals surface area contributed by atoms with Gasteiger partial charge in [0.05, 0.1) is 12.5 Å². The fraction of sp³-hybridized carbons (Fsp3) is 0.750. The Labute approximate surface area is 108 Å². The van der Waals surface area contributed by atoms with Crippen LogP contribution in [0, 0.1) is 11.3 Å². The second-order valence-corrected chi connectivity index (χ2v) is 4.40. The third kappa shape index (κ3) is 6.09. The van der Waals surface area contributed by atoms with Crippen molar-refractivity contribution in [3.8, 4) is 6.07 Å². The second-order valence-electron chi connectivity index (χ2n) is 4.40. The maximum Gasteiger partial charge on any atom is 0.320 e. The molecule has 18 heavy (non-hydrogen) atoms. The van der Waals surface area contributed by atoms with Crippen LogP contribution in [0.2, 0.25) is 0 Å². The van der Waals surface area contributed by atoms with Crippen molar-refractivity contribution in [3.05, 3.63) is 0 Å².